The number of anilines is 1. The number of nitrogens with zero attached hydrogens (tertiary/aromatic N) is 2. The highest BCUT2D eigenvalue weighted by Crippen LogP contribution is 2.19. The van der Waals surface area contributed by atoms with Crippen LogP contribution in [-0.2, 0) is 0 Å². The topological polar surface area (TPSA) is 49.8 Å². The fraction of sp³-hybridized carbons (Fsp3) is 0.412. The van der Waals surface area contributed by atoms with E-state index in [2.05, 4.69) is 52.0 Å². The van der Waals surface area contributed by atoms with Gasteiger partial charge in [-0.15, -0.1) is 0 Å². The van der Waals surface area contributed by atoms with Crippen LogP contribution in [0, 0.1) is 13.8 Å². The van der Waals surface area contributed by atoms with Gasteiger partial charge in [-0.25, -0.2) is 15.4 Å². The molecule has 0 aliphatic heterocycles. The minimum Gasteiger partial charge on any atom is -0.289 e. The van der Waals surface area contributed by atoms with Crippen LogP contribution in [0.3, 0.4) is 0 Å². The second-order valence-electron chi connectivity index (χ2n) is 5.35. The maximum absolute atomic E-state index is 4.40. The molecule has 0 aliphatic rings. The fourth-order valence-electron chi connectivity index (χ4n) is 2.35. The van der Waals surface area contributed by atoms with E-state index in [0.717, 1.165) is 17.8 Å². The number of benzene rings is 1. The smallest absolute Gasteiger partial charge is 0.237 e. The second kappa shape index (κ2) is 7.74. The van der Waals surface area contributed by atoms with Gasteiger partial charge in [0.1, 0.15) is 0 Å². The number of unbranched alkanes of at least 4 members (excludes halogenated alkanes) is 1. The number of aryl methyl sites for hydroxylation is 2. The van der Waals surface area contributed by atoms with Gasteiger partial charge in [-0.3, -0.25) is 5.43 Å². The molecule has 0 saturated heterocycles. The van der Waals surface area contributed by atoms with Gasteiger partial charge in [0.25, 0.3) is 0 Å². The maximum atomic E-state index is 4.40. The van der Waals surface area contributed by atoms with Gasteiger partial charge < -0.3 is 0 Å². The lowest BCUT2D eigenvalue weighted by Crippen LogP contribution is -2.28. The predicted molar refractivity (Wildman–Crippen MR) is 87.0 cm³/mol. The Bertz CT molecular complexity index is 534. The molecule has 4 heteroatoms. The third kappa shape index (κ3) is 4.83. The molecule has 1 heterocycles. The molecule has 0 radical (unpaired) electrons. The number of hydrogen-bond acceptors (Lipinski definition) is 4. The zero-order valence-electron chi connectivity index (χ0n) is 13.1. The van der Waals surface area contributed by atoms with Crippen LogP contribution in [0.4, 0.5) is 5.95 Å². The molecule has 0 saturated carbocycles. The van der Waals surface area contributed by atoms with Crippen LogP contribution in [0.15, 0.2) is 36.4 Å². The summed E-state index contributed by atoms with van der Waals surface area (Å²) in [5, 5.41) is 0. The molecule has 0 unspecified atom stereocenters. The Labute approximate surface area is 127 Å². The third-order valence-corrected chi connectivity index (χ3v) is 3.39. The van der Waals surface area contributed by atoms with E-state index in [1.165, 1.54) is 18.4 Å². The normalized spacial score (nSPS) is 12.1. The van der Waals surface area contributed by atoms with E-state index < -0.39 is 0 Å². The number of nitrogens with one attached hydrogen (secondary N) is 2. The number of hydrazine groups is 1. The van der Waals surface area contributed by atoms with E-state index >= 15 is 0 Å². The molecule has 2 rings (SSSR count). The van der Waals surface area contributed by atoms with E-state index in [9.17, 15) is 0 Å². The summed E-state index contributed by atoms with van der Waals surface area (Å²) in [7, 11) is 0. The van der Waals surface area contributed by atoms with Gasteiger partial charge in [-0.05, 0) is 31.9 Å². The first kappa shape index (κ1) is 15.4. The summed E-state index contributed by atoms with van der Waals surface area (Å²) in [5.74, 6) is 0.630. The van der Waals surface area contributed by atoms with E-state index in [-0.39, 0.29) is 6.04 Å². The van der Waals surface area contributed by atoms with Gasteiger partial charge in [0, 0.05) is 11.4 Å². The van der Waals surface area contributed by atoms with Gasteiger partial charge in [-0.2, -0.15) is 0 Å². The first-order chi connectivity index (χ1) is 10.2. The number of aromatic nitrogens is 2. The van der Waals surface area contributed by atoms with Crippen molar-refractivity contribution in [3.63, 3.8) is 0 Å². The first-order valence-corrected chi connectivity index (χ1v) is 7.58. The zero-order valence-corrected chi connectivity index (χ0v) is 13.1. The summed E-state index contributed by atoms with van der Waals surface area (Å²) >= 11 is 0. The van der Waals surface area contributed by atoms with Gasteiger partial charge in [0.2, 0.25) is 5.95 Å². The van der Waals surface area contributed by atoms with Crippen molar-refractivity contribution in [3.05, 3.63) is 53.3 Å². The highest BCUT2D eigenvalue weighted by molar-refractivity contribution is 5.27. The quantitative estimate of drug-likeness (QED) is 0.756. The SMILES string of the molecule is CCCC[C@H](NNc1nc(C)cc(C)n1)c1ccccc1. The Kier molecular flexibility index (Phi) is 5.69. The van der Waals surface area contributed by atoms with Gasteiger partial charge in [0.05, 0.1) is 6.04 Å². The highest BCUT2D eigenvalue weighted by Gasteiger charge is 2.10. The van der Waals surface area contributed by atoms with Crippen molar-refractivity contribution in [2.45, 2.75) is 46.1 Å². The lowest BCUT2D eigenvalue weighted by Gasteiger charge is -2.19. The molecule has 1 aromatic carbocycles. The number of hydrogen-bond donors (Lipinski definition) is 2. The molecule has 2 aromatic rings. The standard InChI is InChI=1S/C17H24N4/c1-4-5-11-16(15-9-7-6-8-10-15)20-21-17-18-13(2)12-14(3)19-17/h6-10,12,16,20H,4-5,11H2,1-3H3,(H,18,19,21)/t16-/m0/s1. The molecular formula is C17H24N4. The van der Waals surface area contributed by atoms with Crippen LogP contribution in [0.25, 0.3) is 0 Å². The van der Waals surface area contributed by atoms with E-state index in [1.807, 2.05) is 26.0 Å². The van der Waals surface area contributed by atoms with Crippen LogP contribution >= 0.6 is 0 Å². The minimum absolute atomic E-state index is 0.260. The first-order valence-electron chi connectivity index (χ1n) is 7.58. The summed E-state index contributed by atoms with van der Waals surface area (Å²) in [6.45, 7) is 6.17. The van der Waals surface area contributed by atoms with Crippen molar-refractivity contribution in [1.29, 1.82) is 0 Å². The molecule has 4 nitrogen and oxygen atoms in total. The monoisotopic (exact) mass is 284 g/mol. The molecule has 21 heavy (non-hydrogen) atoms. The van der Waals surface area contributed by atoms with Crippen molar-refractivity contribution < 1.29 is 0 Å². The molecule has 0 bridgehead atoms. The molecular weight excluding hydrogens is 260 g/mol. The summed E-state index contributed by atoms with van der Waals surface area (Å²) in [5.41, 5.74) is 9.75. The summed E-state index contributed by atoms with van der Waals surface area (Å²) in [4.78, 5) is 8.79. The Morgan fingerprint density at radius 2 is 1.71 bits per heavy atom. The van der Waals surface area contributed by atoms with Crippen LogP contribution in [0.1, 0.15) is 49.2 Å². The van der Waals surface area contributed by atoms with Crippen molar-refractivity contribution >= 4 is 5.95 Å². The largest absolute Gasteiger partial charge is 0.289 e. The van der Waals surface area contributed by atoms with E-state index in [4.69, 9.17) is 0 Å². The Hall–Kier alpha value is -1.94. The van der Waals surface area contributed by atoms with Crippen LogP contribution < -0.4 is 10.9 Å². The Morgan fingerprint density at radius 1 is 1.05 bits per heavy atom. The molecule has 112 valence electrons. The van der Waals surface area contributed by atoms with E-state index in [1.54, 1.807) is 0 Å². The average Bonchev–Trinajstić information content (AvgIpc) is 2.47. The second-order valence-corrected chi connectivity index (χ2v) is 5.35. The average molecular weight is 284 g/mol. The van der Waals surface area contributed by atoms with Gasteiger partial charge in [0.15, 0.2) is 0 Å². The Balaban J connectivity index is 2.05. The lowest BCUT2D eigenvalue weighted by molar-refractivity contribution is 0.516. The van der Waals surface area contributed by atoms with Crippen molar-refractivity contribution in [2.75, 3.05) is 5.43 Å². The predicted octanol–water partition coefficient (Wildman–Crippen LogP) is 3.94. The molecule has 0 spiro atoms. The third-order valence-electron chi connectivity index (χ3n) is 3.39. The molecule has 1 atom stereocenters. The Morgan fingerprint density at radius 3 is 2.33 bits per heavy atom. The van der Waals surface area contributed by atoms with Gasteiger partial charge in [-0.1, -0.05) is 50.1 Å². The van der Waals surface area contributed by atoms with Crippen LogP contribution in [0.5, 0.6) is 0 Å². The van der Waals surface area contributed by atoms with Gasteiger partial charge >= 0.3 is 0 Å². The molecule has 1 aromatic heterocycles. The highest BCUT2D eigenvalue weighted by atomic mass is 15.4. The van der Waals surface area contributed by atoms with Crippen LogP contribution in [-0.4, -0.2) is 9.97 Å². The summed E-state index contributed by atoms with van der Waals surface area (Å²) < 4.78 is 0. The lowest BCUT2D eigenvalue weighted by atomic mass is 10.0. The summed E-state index contributed by atoms with van der Waals surface area (Å²) in [6.07, 6.45) is 3.45. The molecule has 0 fully saturated rings. The fourth-order valence-corrected chi connectivity index (χ4v) is 2.35. The van der Waals surface area contributed by atoms with Crippen molar-refractivity contribution in [3.8, 4) is 0 Å². The molecule has 0 aliphatic carbocycles. The molecule has 0 amide bonds. The van der Waals surface area contributed by atoms with Crippen molar-refractivity contribution in [2.24, 2.45) is 0 Å². The number of rotatable bonds is 7. The summed E-state index contributed by atoms with van der Waals surface area (Å²) in [6, 6.07) is 12.7. The zero-order chi connectivity index (χ0) is 15.1. The van der Waals surface area contributed by atoms with Crippen molar-refractivity contribution in [1.82, 2.24) is 15.4 Å². The van der Waals surface area contributed by atoms with Crippen LogP contribution in [0.2, 0.25) is 0 Å². The van der Waals surface area contributed by atoms with E-state index in [0.29, 0.717) is 5.95 Å². The maximum Gasteiger partial charge on any atom is 0.237 e. The minimum atomic E-state index is 0.260. The molecule has 2 N–H and O–H groups in total.